The molecule has 1 atom stereocenters. The Morgan fingerprint density at radius 1 is 0.660 bits per heavy atom. The van der Waals surface area contributed by atoms with E-state index in [9.17, 15) is 0 Å². The van der Waals surface area contributed by atoms with Gasteiger partial charge in [0.15, 0.2) is 0 Å². The third-order valence-electron chi connectivity index (χ3n) is 9.34. The molecule has 1 aromatic heterocycles. The van der Waals surface area contributed by atoms with Crippen LogP contribution in [0.2, 0.25) is 0 Å². The molecule has 47 heavy (non-hydrogen) atoms. The third-order valence-corrected chi connectivity index (χ3v) is 9.34. The van der Waals surface area contributed by atoms with Crippen LogP contribution in [0.25, 0.3) is 65.8 Å². The number of benzene rings is 5. The van der Waals surface area contributed by atoms with E-state index in [4.69, 9.17) is 4.98 Å². The molecule has 0 radical (unpaired) electrons. The van der Waals surface area contributed by atoms with E-state index in [-0.39, 0.29) is 0 Å². The summed E-state index contributed by atoms with van der Waals surface area (Å²) < 4.78 is 0. The second-order valence-corrected chi connectivity index (χ2v) is 12.3. The highest BCUT2D eigenvalue weighted by Crippen LogP contribution is 2.45. The monoisotopic (exact) mass is 604 g/mol. The predicted molar refractivity (Wildman–Crippen MR) is 202 cm³/mol. The molecule has 1 aliphatic heterocycles. The Hall–Kier alpha value is -5.73. The lowest BCUT2D eigenvalue weighted by Gasteiger charge is -2.20. The van der Waals surface area contributed by atoms with Gasteiger partial charge in [0.05, 0.1) is 5.69 Å². The molecule has 0 amide bonds. The SMILES string of the molecule is CC1/C=C\C=C/C/C=C(c2c3ccccc3c(-c3ccc(-c4cc(C5=CC=CNC5)ccn4)c4ccccc34)c3ccccc23)\C=C/1. The van der Waals surface area contributed by atoms with Gasteiger partial charge in [-0.05, 0) is 102 Å². The van der Waals surface area contributed by atoms with E-state index in [0.717, 1.165) is 24.2 Å². The molecule has 6 aromatic rings. The van der Waals surface area contributed by atoms with Crippen molar-refractivity contribution in [2.24, 2.45) is 5.92 Å². The molecule has 1 unspecified atom stereocenters. The molecule has 2 nitrogen and oxygen atoms in total. The average molecular weight is 605 g/mol. The Morgan fingerprint density at radius 3 is 2.02 bits per heavy atom. The van der Waals surface area contributed by atoms with E-state index in [1.807, 2.05) is 12.4 Å². The summed E-state index contributed by atoms with van der Waals surface area (Å²) in [5, 5.41) is 10.8. The van der Waals surface area contributed by atoms with Crippen LogP contribution in [-0.4, -0.2) is 11.5 Å². The number of rotatable bonds is 4. The fourth-order valence-electron chi connectivity index (χ4n) is 7.07. The normalized spacial score (nSPS) is 19.5. The second-order valence-electron chi connectivity index (χ2n) is 12.3. The van der Waals surface area contributed by atoms with Gasteiger partial charge in [0.1, 0.15) is 0 Å². The van der Waals surface area contributed by atoms with E-state index in [0.29, 0.717) is 5.92 Å². The molecule has 0 bridgehead atoms. The Bertz CT molecular complexity index is 2290. The molecule has 1 aliphatic carbocycles. The summed E-state index contributed by atoms with van der Waals surface area (Å²) in [6.45, 7) is 3.05. The first kappa shape index (κ1) is 28.7. The molecule has 2 heterocycles. The summed E-state index contributed by atoms with van der Waals surface area (Å²) in [6.07, 6.45) is 24.8. The molecule has 0 saturated carbocycles. The minimum absolute atomic E-state index is 0.353. The first-order chi connectivity index (χ1) is 23.3. The van der Waals surface area contributed by atoms with Gasteiger partial charge >= 0.3 is 0 Å². The molecular weight excluding hydrogens is 569 g/mol. The molecule has 5 aromatic carbocycles. The molecule has 226 valence electrons. The van der Waals surface area contributed by atoms with Crippen molar-refractivity contribution < 1.29 is 0 Å². The quantitative estimate of drug-likeness (QED) is 0.203. The van der Waals surface area contributed by atoms with Crippen molar-refractivity contribution in [3.8, 4) is 22.4 Å². The summed E-state index contributed by atoms with van der Waals surface area (Å²) >= 11 is 0. The molecule has 1 N–H and O–H groups in total. The topological polar surface area (TPSA) is 24.9 Å². The van der Waals surface area contributed by atoms with Crippen LogP contribution >= 0.6 is 0 Å². The van der Waals surface area contributed by atoms with Crippen molar-refractivity contribution >= 4 is 43.5 Å². The fourth-order valence-corrected chi connectivity index (χ4v) is 7.07. The summed E-state index contributed by atoms with van der Waals surface area (Å²) in [6, 6.07) is 35.6. The average Bonchev–Trinajstić information content (AvgIpc) is 3.13. The zero-order valence-corrected chi connectivity index (χ0v) is 26.5. The number of aromatic nitrogens is 1. The number of nitrogens with one attached hydrogen (secondary N) is 1. The smallest absolute Gasteiger partial charge is 0.0714 e. The maximum Gasteiger partial charge on any atom is 0.0714 e. The Morgan fingerprint density at radius 2 is 1.32 bits per heavy atom. The van der Waals surface area contributed by atoms with Crippen LogP contribution < -0.4 is 5.32 Å². The summed E-state index contributed by atoms with van der Waals surface area (Å²) in [5.41, 5.74) is 9.65. The van der Waals surface area contributed by atoms with Crippen molar-refractivity contribution in [3.63, 3.8) is 0 Å². The van der Waals surface area contributed by atoms with Gasteiger partial charge in [0, 0.05) is 18.3 Å². The van der Waals surface area contributed by atoms with Crippen LogP contribution in [0.5, 0.6) is 0 Å². The van der Waals surface area contributed by atoms with Gasteiger partial charge in [-0.15, -0.1) is 0 Å². The van der Waals surface area contributed by atoms with Gasteiger partial charge in [-0.1, -0.05) is 140 Å². The Kier molecular flexibility index (Phi) is 7.69. The molecule has 0 saturated heterocycles. The number of fused-ring (bicyclic) bond motifs is 3. The minimum atomic E-state index is 0.353. The molecule has 0 spiro atoms. The van der Waals surface area contributed by atoms with Crippen LogP contribution in [0.1, 0.15) is 24.5 Å². The number of dihydropyridines is 1. The number of hydrogen-bond donors (Lipinski definition) is 1. The molecule has 0 fully saturated rings. The van der Waals surface area contributed by atoms with Gasteiger partial charge in [0.25, 0.3) is 0 Å². The zero-order valence-electron chi connectivity index (χ0n) is 26.5. The summed E-state index contributed by atoms with van der Waals surface area (Å²) in [5.74, 6) is 0.353. The molecule has 8 rings (SSSR count). The van der Waals surface area contributed by atoms with E-state index in [1.165, 1.54) is 65.7 Å². The number of pyridine rings is 1. The molecule has 2 aliphatic rings. The van der Waals surface area contributed by atoms with Crippen LogP contribution in [0.3, 0.4) is 0 Å². The maximum atomic E-state index is 4.87. The molecule has 2 heteroatoms. The van der Waals surface area contributed by atoms with Gasteiger partial charge < -0.3 is 5.32 Å². The van der Waals surface area contributed by atoms with E-state index in [2.05, 4.69) is 164 Å². The predicted octanol–water partition coefficient (Wildman–Crippen LogP) is 11.5. The van der Waals surface area contributed by atoms with Gasteiger partial charge in [-0.2, -0.15) is 0 Å². The van der Waals surface area contributed by atoms with Crippen molar-refractivity contribution in [2.45, 2.75) is 13.3 Å². The van der Waals surface area contributed by atoms with Crippen molar-refractivity contribution in [1.82, 2.24) is 10.3 Å². The first-order valence-electron chi connectivity index (χ1n) is 16.5. The highest BCUT2D eigenvalue weighted by atomic mass is 14.8. The van der Waals surface area contributed by atoms with Gasteiger partial charge in [-0.25, -0.2) is 0 Å². The lowest BCUT2D eigenvalue weighted by atomic mass is 9.83. The van der Waals surface area contributed by atoms with Crippen molar-refractivity contribution in [3.05, 3.63) is 175 Å². The highest BCUT2D eigenvalue weighted by molar-refractivity contribution is 6.22. The largest absolute Gasteiger partial charge is 0.387 e. The fraction of sp³-hybridized carbons (Fsp3) is 0.0889. The standard InChI is InChI=1S/C45H36N2/c1-31-13-4-2-3-5-14-32(23-22-31)44-38-18-8-10-20-40(38)45(41-21-11-9-19-39(41)44)42-25-24-37(35-16-6-7-17-36(35)42)43-29-33(26-28-47-43)34-15-12-27-46-30-34/h2-4,6-29,31,46H,5,30H2,1H3/b3-2-,13-4-,23-22-,32-14+. The van der Waals surface area contributed by atoms with E-state index in [1.54, 1.807) is 0 Å². The van der Waals surface area contributed by atoms with Crippen LogP contribution in [-0.2, 0) is 0 Å². The van der Waals surface area contributed by atoms with E-state index >= 15 is 0 Å². The second kappa shape index (κ2) is 12.6. The lowest BCUT2D eigenvalue weighted by Crippen LogP contribution is -2.11. The highest BCUT2D eigenvalue weighted by Gasteiger charge is 2.19. The number of hydrogen-bond acceptors (Lipinski definition) is 2. The van der Waals surface area contributed by atoms with Gasteiger partial charge in [0.2, 0.25) is 0 Å². The Labute approximate surface area is 276 Å². The van der Waals surface area contributed by atoms with E-state index < -0.39 is 0 Å². The summed E-state index contributed by atoms with van der Waals surface area (Å²) in [4.78, 5) is 4.87. The zero-order chi connectivity index (χ0) is 31.6. The number of allylic oxidation sites excluding steroid dienone is 10. The van der Waals surface area contributed by atoms with Crippen molar-refractivity contribution in [2.75, 3.05) is 6.54 Å². The van der Waals surface area contributed by atoms with Crippen LogP contribution in [0.15, 0.2) is 164 Å². The summed E-state index contributed by atoms with van der Waals surface area (Å²) in [7, 11) is 0. The van der Waals surface area contributed by atoms with Crippen LogP contribution in [0.4, 0.5) is 0 Å². The number of nitrogens with zero attached hydrogens (tertiary/aromatic N) is 1. The van der Waals surface area contributed by atoms with Crippen molar-refractivity contribution in [1.29, 1.82) is 0 Å². The maximum absolute atomic E-state index is 4.87. The molecular formula is C45H36N2. The van der Waals surface area contributed by atoms with Gasteiger partial charge in [-0.3, -0.25) is 4.98 Å². The Balaban J connectivity index is 1.36. The first-order valence-corrected chi connectivity index (χ1v) is 16.5. The van der Waals surface area contributed by atoms with Crippen LogP contribution in [0, 0.1) is 5.92 Å². The lowest BCUT2D eigenvalue weighted by molar-refractivity contribution is 0.940. The minimum Gasteiger partial charge on any atom is -0.387 e. The third kappa shape index (κ3) is 5.42.